The van der Waals surface area contributed by atoms with Gasteiger partial charge in [-0.1, -0.05) is 41.7 Å². The molecule has 0 saturated heterocycles. The van der Waals surface area contributed by atoms with Crippen molar-refractivity contribution in [3.8, 4) is 5.82 Å². The van der Waals surface area contributed by atoms with Gasteiger partial charge in [-0.2, -0.15) is 18.3 Å². The summed E-state index contributed by atoms with van der Waals surface area (Å²) in [6.07, 6.45) is -3.10. The van der Waals surface area contributed by atoms with E-state index in [-0.39, 0.29) is 37.9 Å². The topological polar surface area (TPSA) is 106 Å². The quantitative estimate of drug-likeness (QED) is 0.402. The van der Waals surface area contributed by atoms with Crippen molar-refractivity contribution in [2.75, 3.05) is 11.1 Å². The third-order valence-electron chi connectivity index (χ3n) is 4.31. The number of aromatic nitrogens is 3. The van der Waals surface area contributed by atoms with Crippen LogP contribution in [0, 0.1) is 0 Å². The highest BCUT2D eigenvalue weighted by molar-refractivity contribution is 7.83. The largest absolute Gasteiger partial charge is 0.435 e. The zero-order chi connectivity index (χ0) is 25.9. The molecule has 0 aliphatic heterocycles. The Kier molecular flexibility index (Phi) is 8.42. The maximum absolute atomic E-state index is 13.4. The van der Waals surface area contributed by atoms with Crippen LogP contribution in [-0.2, 0) is 17.2 Å². The number of carbonyl (C=O) groups excluding carboxylic acids is 2. The van der Waals surface area contributed by atoms with Crippen LogP contribution < -0.4 is 10.0 Å². The van der Waals surface area contributed by atoms with Crippen LogP contribution in [0.5, 0.6) is 0 Å². The number of pyridine rings is 1. The third kappa shape index (κ3) is 6.31. The molecule has 2 amide bonds. The number of benzene rings is 1. The van der Waals surface area contributed by atoms with E-state index in [4.69, 9.17) is 34.8 Å². The van der Waals surface area contributed by atoms with Crippen molar-refractivity contribution in [3.63, 3.8) is 0 Å². The Bertz CT molecular complexity index is 1320. The number of hydrogen-bond acceptors (Lipinski definition) is 5. The highest BCUT2D eigenvalue weighted by atomic mass is 35.5. The van der Waals surface area contributed by atoms with Gasteiger partial charge in [0.25, 0.3) is 11.8 Å². The maximum atomic E-state index is 13.4. The molecule has 8 nitrogen and oxygen atoms in total. The van der Waals surface area contributed by atoms with Gasteiger partial charge in [0, 0.05) is 23.0 Å². The molecule has 15 heteroatoms. The van der Waals surface area contributed by atoms with Crippen molar-refractivity contribution < 1.29 is 27.0 Å². The molecular formula is C20H15Cl3F3N5O3S. The highest BCUT2D eigenvalue weighted by Gasteiger charge is 2.37. The van der Waals surface area contributed by atoms with E-state index in [9.17, 15) is 27.0 Å². The molecule has 2 N–H and O–H groups in total. The average Bonchev–Trinajstić information content (AvgIpc) is 3.21. The van der Waals surface area contributed by atoms with E-state index in [2.05, 4.69) is 20.1 Å². The standard InChI is InChI=1S/C20H15Cl3F3N5O3S/c1-2-6-35(34)30-18(32)11-7-10(21)8-13(23)16(11)28-19(33)14-9-15(20(24,25)26)29-31(14)17-12(22)4-3-5-27-17/h3-5,7-9H,2,6H2,1H3,(H,28,33)(H,30,32). The fraction of sp³-hybridized carbons (Fsp3) is 0.200. The predicted octanol–water partition coefficient (Wildman–Crippen LogP) is 5.30. The third-order valence-corrected chi connectivity index (χ3v) is 6.31. The molecule has 0 saturated carbocycles. The van der Waals surface area contributed by atoms with Gasteiger partial charge in [-0.3, -0.25) is 14.3 Å². The first-order valence-corrected chi connectivity index (χ1v) is 12.2. The van der Waals surface area contributed by atoms with Gasteiger partial charge < -0.3 is 5.32 Å². The summed E-state index contributed by atoms with van der Waals surface area (Å²) in [4.78, 5) is 29.7. The van der Waals surface area contributed by atoms with Crippen LogP contribution in [0.2, 0.25) is 15.1 Å². The Labute approximate surface area is 214 Å². The highest BCUT2D eigenvalue weighted by Crippen LogP contribution is 2.33. The molecule has 0 aliphatic rings. The van der Waals surface area contributed by atoms with Gasteiger partial charge in [0.1, 0.15) is 16.7 Å². The van der Waals surface area contributed by atoms with Gasteiger partial charge in [0.05, 0.1) is 21.3 Å². The molecule has 186 valence electrons. The number of hydrogen-bond donors (Lipinski definition) is 2. The van der Waals surface area contributed by atoms with E-state index >= 15 is 0 Å². The number of rotatable bonds is 7. The summed E-state index contributed by atoms with van der Waals surface area (Å²) in [5.41, 5.74) is -2.48. The summed E-state index contributed by atoms with van der Waals surface area (Å²) in [6, 6.07) is 5.68. The number of alkyl halides is 3. The summed E-state index contributed by atoms with van der Waals surface area (Å²) in [7, 11) is -1.72. The van der Waals surface area contributed by atoms with Crippen molar-refractivity contribution in [2.45, 2.75) is 19.5 Å². The minimum absolute atomic E-state index is 0.0316. The maximum Gasteiger partial charge on any atom is 0.435 e. The summed E-state index contributed by atoms with van der Waals surface area (Å²) < 4.78 is 55.0. The normalized spacial score (nSPS) is 12.3. The number of carbonyl (C=O) groups is 2. The smallest absolute Gasteiger partial charge is 0.319 e. The Morgan fingerprint density at radius 2 is 1.83 bits per heavy atom. The molecule has 0 fully saturated rings. The summed E-state index contributed by atoms with van der Waals surface area (Å²) in [5, 5.41) is 5.53. The molecule has 0 aliphatic carbocycles. The number of anilines is 1. The van der Waals surface area contributed by atoms with Crippen LogP contribution in [0.4, 0.5) is 18.9 Å². The van der Waals surface area contributed by atoms with Crippen molar-refractivity contribution in [1.82, 2.24) is 19.5 Å². The first-order chi connectivity index (χ1) is 16.4. The van der Waals surface area contributed by atoms with Crippen LogP contribution in [0.3, 0.4) is 0 Å². The number of halogens is 6. The molecule has 3 rings (SSSR count). The molecule has 1 atom stereocenters. The minimum atomic E-state index is -4.88. The Balaban J connectivity index is 2.06. The van der Waals surface area contributed by atoms with E-state index in [1.807, 2.05) is 0 Å². The summed E-state index contributed by atoms with van der Waals surface area (Å²) in [6.45, 7) is 1.76. The first-order valence-electron chi connectivity index (χ1n) is 9.70. The molecule has 35 heavy (non-hydrogen) atoms. The molecule has 3 aromatic rings. The Morgan fingerprint density at radius 3 is 2.46 bits per heavy atom. The van der Waals surface area contributed by atoms with Crippen molar-refractivity contribution in [3.05, 3.63) is 68.5 Å². The van der Waals surface area contributed by atoms with Gasteiger partial charge in [0.2, 0.25) is 0 Å². The minimum Gasteiger partial charge on any atom is -0.319 e. The molecule has 2 aromatic heterocycles. The second kappa shape index (κ2) is 10.9. The summed E-state index contributed by atoms with van der Waals surface area (Å²) >= 11 is 18.2. The fourth-order valence-corrected chi connectivity index (χ4v) is 4.36. The molecule has 1 unspecified atom stereocenters. The van der Waals surface area contributed by atoms with Crippen LogP contribution in [-0.4, -0.2) is 36.5 Å². The van der Waals surface area contributed by atoms with E-state index < -0.39 is 40.4 Å². The molecular weight excluding hydrogens is 554 g/mol. The van der Waals surface area contributed by atoms with Gasteiger partial charge in [-0.25, -0.2) is 13.9 Å². The second-order valence-electron chi connectivity index (χ2n) is 6.88. The van der Waals surface area contributed by atoms with E-state index in [0.29, 0.717) is 17.2 Å². The second-order valence-corrected chi connectivity index (χ2v) is 9.43. The fourth-order valence-electron chi connectivity index (χ4n) is 2.83. The van der Waals surface area contributed by atoms with Crippen LogP contribution in [0.25, 0.3) is 5.82 Å². The van der Waals surface area contributed by atoms with Crippen molar-refractivity contribution in [2.24, 2.45) is 0 Å². The Hall–Kier alpha value is -2.67. The zero-order valence-corrected chi connectivity index (χ0v) is 20.7. The van der Waals surface area contributed by atoms with Crippen molar-refractivity contribution in [1.29, 1.82) is 0 Å². The molecule has 0 bridgehead atoms. The van der Waals surface area contributed by atoms with Gasteiger partial charge in [0.15, 0.2) is 11.5 Å². The van der Waals surface area contributed by atoms with Crippen LogP contribution in [0.15, 0.2) is 36.5 Å². The summed E-state index contributed by atoms with van der Waals surface area (Å²) in [5.74, 6) is -2.03. The lowest BCUT2D eigenvalue weighted by atomic mass is 10.1. The van der Waals surface area contributed by atoms with E-state index in [1.165, 1.54) is 24.4 Å². The lowest BCUT2D eigenvalue weighted by Crippen LogP contribution is -2.29. The van der Waals surface area contributed by atoms with E-state index in [1.54, 1.807) is 6.92 Å². The molecule has 1 aromatic carbocycles. The number of amides is 2. The van der Waals surface area contributed by atoms with E-state index in [0.717, 1.165) is 6.07 Å². The predicted molar refractivity (Wildman–Crippen MR) is 127 cm³/mol. The Morgan fingerprint density at radius 1 is 1.11 bits per heavy atom. The first kappa shape index (κ1) is 26.9. The lowest BCUT2D eigenvalue weighted by Gasteiger charge is -2.14. The van der Waals surface area contributed by atoms with Gasteiger partial charge >= 0.3 is 6.18 Å². The molecule has 2 heterocycles. The average molecular weight is 569 g/mol. The lowest BCUT2D eigenvalue weighted by molar-refractivity contribution is -0.141. The zero-order valence-electron chi connectivity index (χ0n) is 17.6. The number of nitrogens with zero attached hydrogens (tertiary/aromatic N) is 3. The van der Waals surface area contributed by atoms with Crippen LogP contribution >= 0.6 is 34.8 Å². The molecule has 0 spiro atoms. The number of nitrogens with one attached hydrogen (secondary N) is 2. The monoisotopic (exact) mass is 567 g/mol. The van der Waals surface area contributed by atoms with Gasteiger partial charge in [-0.15, -0.1) is 0 Å². The van der Waals surface area contributed by atoms with Crippen LogP contribution in [0.1, 0.15) is 39.9 Å². The molecule has 0 radical (unpaired) electrons. The van der Waals surface area contributed by atoms with Crippen molar-refractivity contribution >= 4 is 63.3 Å². The van der Waals surface area contributed by atoms with Gasteiger partial charge in [-0.05, 0) is 30.7 Å². The SMILES string of the molecule is CCCS(=O)NC(=O)c1cc(Cl)cc(Cl)c1NC(=O)c1cc(C(F)(F)F)nn1-c1ncccc1Cl.